The van der Waals surface area contributed by atoms with Gasteiger partial charge in [-0.15, -0.1) is 0 Å². The van der Waals surface area contributed by atoms with Gasteiger partial charge in [0.15, 0.2) is 0 Å². The van der Waals surface area contributed by atoms with Crippen LogP contribution in [-0.4, -0.2) is 35.4 Å². The van der Waals surface area contributed by atoms with E-state index in [0.717, 1.165) is 25.8 Å². The van der Waals surface area contributed by atoms with Crippen LogP contribution in [-0.2, 0) is 4.79 Å². The summed E-state index contributed by atoms with van der Waals surface area (Å²) in [5.74, 6) is 0.0660. The first-order chi connectivity index (χ1) is 16.2. The highest BCUT2D eigenvalue weighted by Crippen LogP contribution is 2.12. The summed E-state index contributed by atoms with van der Waals surface area (Å²) in [5, 5.41) is 21.2. The van der Waals surface area contributed by atoms with Crippen LogP contribution >= 0.6 is 0 Å². The topological polar surface area (TPSA) is 69.6 Å². The lowest BCUT2D eigenvalue weighted by atomic mass is 10.0. The van der Waals surface area contributed by atoms with Crippen LogP contribution in [0.4, 0.5) is 0 Å². The molecule has 0 rings (SSSR count). The van der Waals surface area contributed by atoms with Crippen LogP contribution in [0.1, 0.15) is 135 Å². The standard InChI is InChI=1S/C29H55NO3/c1-2-3-4-5-6-15-18-21-24-29(33)30-26-22-19-16-13-11-9-7-8-10-12-14-17-20-23-28(32)25-27-31/h20-21,23-24,28,31-32H,2-19,22,25-27H2,1H3,(H,30,33)/b23-20+,24-21+. The van der Waals surface area contributed by atoms with E-state index in [9.17, 15) is 9.90 Å². The molecule has 33 heavy (non-hydrogen) atoms. The number of nitrogens with one attached hydrogen (secondary N) is 1. The van der Waals surface area contributed by atoms with Crippen LogP contribution in [0.3, 0.4) is 0 Å². The van der Waals surface area contributed by atoms with E-state index in [-0.39, 0.29) is 12.5 Å². The molecule has 0 saturated heterocycles. The number of hydrogen-bond donors (Lipinski definition) is 3. The third-order valence-corrected chi connectivity index (χ3v) is 6.12. The van der Waals surface area contributed by atoms with Crippen LogP contribution < -0.4 is 5.32 Å². The number of hydrogen-bond acceptors (Lipinski definition) is 3. The number of carbonyl (C=O) groups is 1. The highest BCUT2D eigenvalue weighted by atomic mass is 16.3. The van der Waals surface area contributed by atoms with Crippen LogP contribution in [0.2, 0.25) is 0 Å². The van der Waals surface area contributed by atoms with E-state index < -0.39 is 6.10 Å². The molecule has 1 unspecified atom stereocenters. The second kappa shape index (κ2) is 27.1. The third kappa shape index (κ3) is 27.0. The monoisotopic (exact) mass is 465 g/mol. The van der Waals surface area contributed by atoms with Gasteiger partial charge in [0.25, 0.3) is 0 Å². The van der Waals surface area contributed by atoms with Crippen LogP contribution in [0.15, 0.2) is 24.3 Å². The van der Waals surface area contributed by atoms with Gasteiger partial charge in [-0.1, -0.05) is 115 Å². The first-order valence-corrected chi connectivity index (χ1v) is 14.1. The van der Waals surface area contributed by atoms with Gasteiger partial charge in [0.2, 0.25) is 5.91 Å². The summed E-state index contributed by atoms with van der Waals surface area (Å²) >= 11 is 0. The van der Waals surface area contributed by atoms with Gasteiger partial charge in [-0.25, -0.2) is 0 Å². The van der Waals surface area contributed by atoms with E-state index >= 15 is 0 Å². The van der Waals surface area contributed by atoms with Crippen LogP contribution in [0.5, 0.6) is 0 Å². The van der Waals surface area contributed by atoms with E-state index in [0.29, 0.717) is 6.42 Å². The highest BCUT2D eigenvalue weighted by molar-refractivity contribution is 5.87. The normalized spacial score (nSPS) is 12.7. The molecule has 1 amide bonds. The van der Waals surface area contributed by atoms with Crippen molar-refractivity contribution < 1.29 is 15.0 Å². The lowest BCUT2D eigenvalue weighted by Crippen LogP contribution is -2.21. The number of rotatable bonds is 25. The largest absolute Gasteiger partial charge is 0.396 e. The van der Waals surface area contributed by atoms with Gasteiger partial charge in [-0.3, -0.25) is 4.79 Å². The van der Waals surface area contributed by atoms with Crippen molar-refractivity contribution in [3.8, 4) is 0 Å². The minimum Gasteiger partial charge on any atom is -0.396 e. The zero-order valence-corrected chi connectivity index (χ0v) is 21.7. The van der Waals surface area contributed by atoms with Crippen molar-refractivity contribution in [2.24, 2.45) is 0 Å². The maximum atomic E-state index is 11.8. The number of unbranched alkanes of at least 4 members (excludes halogenated alkanes) is 17. The summed E-state index contributed by atoms with van der Waals surface area (Å²) in [7, 11) is 0. The molecule has 0 bridgehead atoms. The fourth-order valence-corrected chi connectivity index (χ4v) is 3.96. The van der Waals surface area contributed by atoms with E-state index in [1.54, 1.807) is 12.2 Å². The number of aliphatic hydroxyl groups is 2. The van der Waals surface area contributed by atoms with E-state index in [1.165, 1.54) is 103 Å². The maximum Gasteiger partial charge on any atom is 0.243 e. The molecular formula is C29H55NO3. The van der Waals surface area contributed by atoms with Crippen molar-refractivity contribution in [2.45, 2.75) is 141 Å². The Morgan fingerprint density at radius 3 is 1.76 bits per heavy atom. The lowest BCUT2D eigenvalue weighted by molar-refractivity contribution is -0.116. The number of amides is 1. The quantitative estimate of drug-likeness (QED) is 0.0747. The Bertz CT molecular complexity index is 462. The Morgan fingerprint density at radius 1 is 0.727 bits per heavy atom. The average Bonchev–Trinajstić information content (AvgIpc) is 2.80. The fraction of sp³-hybridized carbons (Fsp3) is 0.828. The summed E-state index contributed by atoms with van der Waals surface area (Å²) in [6.07, 6.45) is 31.4. The molecule has 0 aliphatic rings. The van der Waals surface area contributed by atoms with Gasteiger partial charge < -0.3 is 15.5 Å². The third-order valence-electron chi connectivity index (χ3n) is 6.12. The Morgan fingerprint density at radius 2 is 1.21 bits per heavy atom. The van der Waals surface area contributed by atoms with Crippen molar-refractivity contribution in [2.75, 3.05) is 13.2 Å². The molecule has 0 spiro atoms. The minimum absolute atomic E-state index is 0.0426. The van der Waals surface area contributed by atoms with Crippen molar-refractivity contribution >= 4 is 5.91 Å². The molecule has 0 aliphatic carbocycles. The predicted molar refractivity (Wildman–Crippen MR) is 142 cm³/mol. The second-order valence-electron chi connectivity index (χ2n) is 9.44. The van der Waals surface area contributed by atoms with Gasteiger partial charge in [0.05, 0.1) is 6.10 Å². The Balaban J connectivity index is 3.26. The molecule has 0 aromatic heterocycles. The van der Waals surface area contributed by atoms with Crippen LogP contribution in [0, 0.1) is 0 Å². The zero-order chi connectivity index (χ0) is 24.2. The summed E-state index contributed by atoms with van der Waals surface area (Å²) in [5.41, 5.74) is 0. The smallest absolute Gasteiger partial charge is 0.243 e. The van der Waals surface area contributed by atoms with Crippen molar-refractivity contribution in [3.63, 3.8) is 0 Å². The van der Waals surface area contributed by atoms with Crippen molar-refractivity contribution in [3.05, 3.63) is 24.3 Å². The first kappa shape index (κ1) is 31.9. The summed E-state index contributed by atoms with van der Waals surface area (Å²) in [6, 6.07) is 0. The number of aliphatic hydroxyl groups excluding tert-OH is 2. The van der Waals surface area contributed by atoms with Crippen LogP contribution in [0.25, 0.3) is 0 Å². The molecule has 0 aromatic carbocycles. The molecule has 0 aromatic rings. The van der Waals surface area contributed by atoms with E-state index in [2.05, 4.69) is 12.2 Å². The predicted octanol–water partition coefficient (Wildman–Crippen LogP) is 7.39. The Labute approximate surface area is 205 Å². The highest BCUT2D eigenvalue weighted by Gasteiger charge is 1.97. The van der Waals surface area contributed by atoms with E-state index in [1.807, 2.05) is 12.2 Å². The lowest BCUT2D eigenvalue weighted by Gasteiger charge is -2.04. The summed E-state index contributed by atoms with van der Waals surface area (Å²) in [4.78, 5) is 11.8. The maximum absolute atomic E-state index is 11.8. The van der Waals surface area contributed by atoms with Crippen molar-refractivity contribution in [1.82, 2.24) is 5.32 Å². The average molecular weight is 466 g/mol. The van der Waals surface area contributed by atoms with Crippen molar-refractivity contribution in [1.29, 1.82) is 0 Å². The second-order valence-corrected chi connectivity index (χ2v) is 9.44. The Hall–Kier alpha value is -1.13. The number of allylic oxidation sites excluding steroid dienone is 2. The zero-order valence-electron chi connectivity index (χ0n) is 21.7. The molecule has 0 radical (unpaired) electrons. The van der Waals surface area contributed by atoms with E-state index in [4.69, 9.17) is 5.11 Å². The first-order valence-electron chi connectivity index (χ1n) is 14.1. The molecule has 0 heterocycles. The Kier molecular flexibility index (Phi) is 26.2. The number of carbonyl (C=O) groups excluding carboxylic acids is 1. The fourth-order valence-electron chi connectivity index (χ4n) is 3.96. The molecule has 0 aliphatic heterocycles. The molecule has 4 heteroatoms. The molecule has 0 saturated carbocycles. The minimum atomic E-state index is -0.490. The molecular weight excluding hydrogens is 410 g/mol. The van der Waals surface area contributed by atoms with Gasteiger partial charge in [-0.2, -0.15) is 0 Å². The molecule has 1 atom stereocenters. The molecule has 0 fully saturated rings. The molecule has 194 valence electrons. The molecule has 3 N–H and O–H groups in total. The molecule has 4 nitrogen and oxygen atoms in total. The van der Waals surface area contributed by atoms with Gasteiger partial charge >= 0.3 is 0 Å². The van der Waals surface area contributed by atoms with Gasteiger partial charge in [0.1, 0.15) is 0 Å². The summed E-state index contributed by atoms with van der Waals surface area (Å²) < 4.78 is 0. The summed E-state index contributed by atoms with van der Waals surface area (Å²) in [6.45, 7) is 3.09. The SMILES string of the molecule is CCCCCCCC/C=C/C(=O)NCCCCCCCCCCCCC/C=C/C(O)CCO. The van der Waals surface area contributed by atoms with Gasteiger partial charge in [0, 0.05) is 13.2 Å². The van der Waals surface area contributed by atoms with Gasteiger partial charge in [-0.05, 0) is 44.6 Å².